The van der Waals surface area contributed by atoms with E-state index in [0.29, 0.717) is 0 Å². The van der Waals surface area contributed by atoms with Crippen LogP contribution in [-0.2, 0) is 6.42 Å². The van der Waals surface area contributed by atoms with Crippen molar-refractivity contribution in [2.75, 3.05) is 26.7 Å². The Bertz CT molecular complexity index is 361. The van der Waals surface area contributed by atoms with E-state index >= 15 is 0 Å². The summed E-state index contributed by atoms with van der Waals surface area (Å²) >= 11 is 5.26. The lowest BCUT2D eigenvalue weighted by molar-refractivity contribution is 0.534. The van der Waals surface area contributed by atoms with Crippen molar-refractivity contribution in [1.82, 2.24) is 10.2 Å². The fourth-order valence-electron chi connectivity index (χ4n) is 1.51. The minimum absolute atomic E-state index is 0.920. The molecule has 0 amide bonds. The summed E-state index contributed by atoms with van der Waals surface area (Å²) < 4.78 is 1.20. The molecule has 15 heavy (non-hydrogen) atoms. The summed E-state index contributed by atoms with van der Waals surface area (Å²) in [5.41, 5.74) is 0. The average molecular weight is 288 g/mol. The van der Waals surface area contributed by atoms with Gasteiger partial charge in [0.05, 0.1) is 10.3 Å². The topological polar surface area (TPSA) is 27.6 Å². The molecule has 0 saturated heterocycles. The molecule has 0 bridgehead atoms. The second kappa shape index (κ2) is 4.99. The lowest BCUT2D eigenvalue weighted by atomic mass is 10.3. The number of rotatable bonds is 3. The summed E-state index contributed by atoms with van der Waals surface area (Å²) in [6, 6.07) is 4.26. The molecule has 1 aliphatic rings. The minimum Gasteiger partial charge on any atom is -0.356 e. The molecule has 1 aliphatic heterocycles. The van der Waals surface area contributed by atoms with Gasteiger partial charge in [0, 0.05) is 25.0 Å². The van der Waals surface area contributed by atoms with Crippen molar-refractivity contribution in [2.24, 2.45) is 4.99 Å². The van der Waals surface area contributed by atoms with E-state index in [4.69, 9.17) is 0 Å². The standard InChI is InChI=1S/C10H14BrN3S/c1-14-7-6-13-10(14)12-5-4-8-2-3-9(11)15-8/h2-3H,4-7H2,1H3,(H,12,13). The van der Waals surface area contributed by atoms with Gasteiger partial charge < -0.3 is 10.2 Å². The van der Waals surface area contributed by atoms with E-state index in [0.717, 1.165) is 32.0 Å². The minimum atomic E-state index is 0.920. The Kier molecular flexibility index (Phi) is 3.64. The third-order valence-corrected chi connectivity index (χ3v) is 4.03. The molecule has 2 heterocycles. The maximum absolute atomic E-state index is 4.38. The van der Waals surface area contributed by atoms with Crippen molar-refractivity contribution in [2.45, 2.75) is 6.42 Å². The molecule has 0 saturated carbocycles. The Morgan fingerprint density at radius 3 is 3.07 bits per heavy atom. The summed E-state index contributed by atoms with van der Waals surface area (Å²) in [6.07, 6.45) is 1.06. The van der Waals surface area contributed by atoms with Gasteiger partial charge in [-0.3, -0.25) is 4.99 Å². The fraction of sp³-hybridized carbons (Fsp3) is 0.500. The molecule has 1 N–H and O–H groups in total. The first-order valence-corrected chi connectivity index (χ1v) is 6.60. The summed E-state index contributed by atoms with van der Waals surface area (Å²) in [4.78, 5) is 7.93. The maximum atomic E-state index is 4.38. The Morgan fingerprint density at radius 1 is 1.60 bits per heavy atom. The Labute approximate surface area is 102 Å². The number of thiophene rings is 1. The number of nitrogens with zero attached hydrogens (tertiary/aromatic N) is 2. The molecule has 0 radical (unpaired) electrons. The van der Waals surface area contributed by atoms with Crippen molar-refractivity contribution < 1.29 is 0 Å². The normalized spacial score (nSPS) is 15.6. The number of guanidine groups is 1. The highest BCUT2D eigenvalue weighted by Crippen LogP contribution is 2.22. The van der Waals surface area contributed by atoms with E-state index in [1.807, 2.05) is 0 Å². The van der Waals surface area contributed by atoms with E-state index in [9.17, 15) is 0 Å². The molecule has 1 aromatic rings. The van der Waals surface area contributed by atoms with Crippen molar-refractivity contribution >= 4 is 33.2 Å². The van der Waals surface area contributed by atoms with Crippen LogP contribution in [0.1, 0.15) is 4.88 Å². The molecule has 1 aromatic heterocycles. The lowest BCUT2D eigenvalue weighted by Gasteiger charge is -2.14. The van der Waals surface area contributed by atoms with Crippen molar-refractivity contribution in [3.63, 3.8) is 0 Å². The van der Waals surface area contributed by atoms with Crippen LogP contribution in [0.4, 0.5) is 0 Å². The largest absolute Gasteiger partial charge is 0.356 e. The molecule has 0 aliphatic carbocycles. The number of aliphatic imine (C=N–C) groups is 1. The predicted molar refractivity (Wildman–Crippen MR) is 68.7 cm³/mol. The molecule has 2 rings (SSSR count). The van der Waals surface area contributed by atoms with E-state index < -0.39 is 0 Å². The quantitative estimate of drug-likeness (QED) is 0.920. The molecular weight excluding hydrogens is 274 g/mol. The highest BCUT2D eigenvalue weighted by atomic mass is 79.9. The summed E-state index contributed by atoms with van der Waals surface area (Å²) in [7, 11) is 2.07. The molecule has 3 nitrogen and oxygen atoms in total. The van der Waals surface area contributed by atoms with Crippen LogP contribution in [0.15, 0.2) is 20.9 Å². The third-order valence-electron chi connectivity index (χ3n) is 2.34. The van der Waals surface area contributed by atoms with Gasteiger partial charge in [-0.25, -0.2) is 0 Å². The zero-order valence-corrected chi connectivity index (χ0v) is 11.1. The molecule has 0 unspecified atom stereocenters. The zero-order valence-electron chi connectivity index (χ0n) is 8.66. The van der Waals surface area contributed by atoms with E-state index in [2.05, 4.69) is 50.3 Å². The van der Waals surface area contributed by atoms with Crippen LogP contribution in [0.3, 0.4) is 0 Å². The number of nitrogens with one attached hydrogen (secondary N) is 1. The smallest absolute Gasteiger partial charge is 0.193 e. The number of hydrogen-bond donors (Lipinski definition) is 1. The van der Waals surface area contributed by atoms with E-state index in [1.54, 1.807) is 11.3 Å². The van der Waals surface area contributed by atoms with Crippen LogP contribution < -0.4 is 5.32 Å². The second-order valence-electron chi connectivity index (χ2n) is 3.51. The fourth-order valence-corrected chi connectivity index (χ4v) is 2.99. The van der Waals surface area contributed by atoms with Crippen molar-refractivity contribution in [3.8, 4) is 0 Å². The van der Waals surface area contributed by atoms with Gasteiger partial charge in [-0.15, -0.1) is 11.3 Å². The molecule has 0 atom stereocenters. The van der Waals surface area contributed by atoms with E-state index in [1.165, 1.54) is 8.66 Å². The van der Waals surface area contributed by atoms with Gasteiger partial charge in [-0.1, -0.05) is 0 Å². The first-order chi connectivity index (χ1) is 7.25. The van der Waals surface area contributed by atoms with Crippen molar-refractivity contribution in [3.05, 3.63) is 20.8 Å². The van der Waals surface area contributed by atoms with Gasteiger partial charge in [0.15, 0.2) is 5.96 Å². The Morgan fingerprint density at radius 2 is 2.47 bits per heavy atom. The van der Waals surface area contributed by atoms with Gasteiger partial charge in [0.2, 0.25) is 0 Å². The number of hydrogen-bond acceptors (Lipinski definition) is 4. The van der Waals surface area contributed by atoms with Gasteiger partial charge in [-0.2, -0.15) is 0 Å². The SMILES string of the molecule is CN1CCN=C1NCCc1ccc(Br)s1. The van der Waals surface area contributed by atoms with Crippen molar-refractivity contribution in [1.29, 1.82) is 0 Å². The summed E-state index contributed by atoms with van der Waals surface area (Å²) in [6.45, 7) is 2.91. The first-order valence-electron chi connectivity index (χ1n) is 4.99. The van der Waals surface area contributed by atoms with Gasteiger partial charge >= 0.3 is 0 Å². The molecule has 0 aromatic carbocycles. The first kappa shape index (κ1) is 11.0. The van der Waals surface area contributed by atoms with Crippen LogP contribution in [0.5, 0.6) is 0 Å². The highest BCUT2D eigenvalue weighted by Gasteiger charge is 2.10. The molecule has 5 heteroatoms. The Hall–Kier alpha value is -0.550. The number of halogens is 1. The monoisotopic (exact) mass is 287 g/mol. The maximum Gasteiger partial charge on any atom is 0.193 e. The van der Waals surface area contributed by atoms with Gasteiger partial charge in [-0.05, 0) is 34.5 Å². The van der Waals surface area contributed by atoms with Crippen LogP contribution >= 0.6 is 27.3 Å². The summed E-state index contributed by atoms with van der Waals surface area (Å²) in [5, 5.41) is 3.36. The molecule has 0 spiro atoms. The molecule has 0 fully saturated rings. The van der Waals surface area contributed by atoms with Crippen LogP contribution in [-0.4, -0.2) is 37.5 Å². The van der Waals surface area contributed by atoms with Gasteiger partial charge in [0.1, 0.15) is 0 Å². The van der Waals surface area contributed by atoms with Gasteiger partial charge in [0.25, 0.3) is 0 Å². The number of likely N-dealkylation sites (N-methyl/N-ethyl adjacent to an activating group) is 1. The lowest BCUT2D eigenvalue weighted by Crippen LogP contribution is -2.36. The second-order valence-corrected chi connectivity index (χ2v) is 6.06. The zero-order chi connectivity index (χ0) is 10.7. The van der Waals surface area contributed by atoms with Crippen LogP contribution in [0.2, 0.25) is 0 Å². The molecule has 82 valence electrons. The van der Waals surface area contributed by atoms with Crippen LogP contribution in [0, 0.1) is 0 Å². The summed E-state index contributed by atoms with van der Waals surface area (Å²) in [5.74, 6) is 1.03. The van der Waals surface area contributed by atoms with E-state index in [-0.39, 0.29) is 0 Å². The Balaban J connectivity index is 1.75. The average Bonchev–Trinajstić information content (AvgIpc) is 2.77. The molecular formula is C10H14BrN3S. The highest BCUT2D eigenvalue weighted by molar-refractivity contribution is 9.11. The van der Waals surface area contributed by atoms with Crippen LogP contribution in [0.25, 0.3) is 0 Å². The third kappa shape index (κ3) is 2.95. The predicted octanol–water partition coefficient (Wildman–Crippen LogP) is 1.94.